The first-order valence-electron chi connectivity index (χ1n) is 15.2. The summed E-state index contributed by atoms with van der Waals surface area (Å²) in [5.41, 5.74) is 7.88. The molecule has 1 fully saturated rings. The second-order valence-corrected chi connectivity index (χ2v) is 10.8. The van der Waals surface area contributed by atoms with Gasteiger partial charge in [0.2, 0.25) is 5.75 Å². The Kier molecular flexibility index (Phi) is 10.4. The third-order valence-electron chi connectivity index (χ3n) is 7.87. The monoisotopic (exact) mass is 619 g/mol. The molecule has 3 aromatic rings. The SMILES string of the molecule is COc1cc2c(cc1OCCCCCCOc1ccc(Oc3cc(OC)c(OC)c(OC)c3)c(N)c1)N=C[C@@H]1CCCN1C2=O. The van der Waals surface area contributed by atoms with E-state index < -0.39 is 0 Å². The first-order chi connectivity index (χ1) is 21.9. The molecule has 2 aliphatic rings. The molecule has 5 rings (SSSR count). The zero-order valence-electron chi connectivity index (χ0n) is 26.3. The molecule has 0 unspecified atom stereocenters. The van der Waals surface area contributed by atoms with Gasteiger partial charge in [-0.2, -0.15) is 0 Å². The molecule has 240 valence electrons. The van der Waals surface area contributed by atoms with Crippen LogP contribution in [0, 0.1) is 0 Å². The normalized spacial score (nSPS) is 15.2. The summed E-state index contributed by atoms with van der Waals surface area (Å²) < 4.78 is 39.6. The highest BCUT2D eigenvalue weighted by atomic mass is 16.5. The van der Waals surface area contributed by atoms with Crippen LogP contribution < -0.4 is 38.9 Å². The second-order valence-electron chi connectivity index (χ2n) is 10.8. The molecular weight excluding hydrogens is 578 g/mol. The van der Waals surface area contributed by atoms with Crippen LogP contribution in [-0.2, 0) is 0 Å². The molecule has 0 radical (unpaired) electrons. The minimum atomic E-state index is -0.000294. The smallest absolute Gasteiger partial charge is 0.256 e. The van der Waals surface area contributed by atoms with E-state index in [2.05, 4.69) is 4.99 Å². The minimum absolute atomic E-state index is 0.000294. The number of fused-ring (bicyclic) bond motifs is 2. The van der Waals surface area contributed by atoms with Gasteiger partial charge in [0, 0.05) is 37.0 Å². The summed E-state index contributed by atoms with van der Waals surface area (Å²) >= 11 is 0. The molecule has 2 aliphatic heterocycles. The molecule has 11 nitrogen and oxygen atoms in total. The maximum Gasteiger partial charge on any atom is 0.256 e. The number of nitrogens with two attached hydrogens (primary N) is 1. The zero-order chi connectivity index (χ0) is 31.8. The number of amides is 1. The number of ether oxygens (including phenoxy) is 7. The van der Waals surface area contributed by atoms with E-state index in [4.69, 9.17) is 38.9 Å². The first-order valence-corrected chi connectivity index (χ1v) is 15.2. The number of rotatable bonds is 15. The molecule has 0 bridgehead atoms. The van der Waals surface area contributed by atoms with Crippen LogP contribution >= 0.6 is 0 Å². The van der Waals surface area contributed by atoms with Gasteiger partial charge in [0.25, 0.3) is 5.91 Å². The van der Waals surface area contributed by atoms with Gasteiger partial charge in [-0.3, -0.25) is 9.79 Å². The fourth-order valence-electron chi connectivity index (χ4n) is 5.50. The largest absolute Gasteiger partial charge is 0.494 e. The van der Waals surface area contributed by atoms with Crippen molar-refractivity contribution in [3.05, 3.63) is 48.0 Å². The lowest BCUT2D eigenvalue weighted by molar-refractivity contribution is 0.0774. The highest BCUT2D eigenvalue weighted by Gasteiger charge is 2.32. The summed E-state index contributed by atoms with van der Waals surface area (Å²) in [6.45, 7) is 1.86. The Labute approximate surface area is 263 Å². The van der Waals surface area contributed by atoms with Gasteiger partial charge < -0.3 is 43.8 Å². The van der Waals surface area contributed by atoms with E-state index in [1.54, 1.807) is 58.8 Å². The highest BCUT2D eigenvalue weighted by molar-refractivity contribution is 6.03. The van der Waals surface area contributed by atoms with Crippen LogP contribution in [0.4, 0.5) is 11.4 Å². The molecule has 2 heterocycles. The molecule has 0 spiro atoms. The maximum absolute atomic E-state index is 13.0. The molecule has 45 heavy (non-hydrogen) atoms. The van der Waals surface area contributed by atoms with Gasteiger partial charge in [-0.05, 0) is 56.7 Å². The molecule has 1 amide bonds. The Morgan fingerprint density at radius 3 is 2.16 bits per heavy atom. The summed E-state index contributed by atoms with van der Waals surface area (Å²) in [6, 6.07) is 12.4. The quantitative estimate of drug-likeness (QED) is 0.151. The summed E-state index contributed by atoms with van der Waals surface area (Å²) in [6.07, 6.45) is 7.55. The topological polar surface area (TPSA) is 123 Å². The van der Waals surface area contributed by atoms with Crippen LogP contribution in [-0.4, -0.2) is 71.3 Å². The highest BCUT2D eigenvalue weighted by Crippen LogP contribution is 2.43. The molecule has 11 heteroatoms. The number of aliphatic imine (C=N–C) groups is 1. The predicted octanol–water partition coefficient (Wildman–Crippen LogP) is 6.43. The van der Waals surface area contributed by atoms with Crippen LogP contribution in [0.2, 0.25) is 0 Å². The van der Waals surface area contributed by atoms with E-state index in [0.717, 1.165) is 45.1 Å². The Morgan fingerprint density at radius 1 is 0.778 bits per heavy atom. The number of hydrogen-bond acceptors (Lipinski definition) is 10. The van der Waals surface area contributed by atoms with Crippen molar-refractivity contribution in [2.75, 3.05) is 53.9 Å². The van der Waals surface area contributed by atoms with E-state index in [-0.39, 0.29) is 11.9 Å². The Hall–Kier alpha value is -4.80. The number of carbonyl (C=O) groups is 1. The number of methoxy groups -OCH3 is 4. The Balaban J connectivity index is 1.05. The second kappa shape index (κ2) is 14.8. The molecule has 1 saturated heterocycles. The fraction of sp³-hybridized carbons (Fsp3) is 0.412. The van der Waals surface area contributed by atoms with Crippen molar-refractivity contribution < 1.29 is 38.0 Å². The molecule has 3 aromatic carbocycles. The third kappa shape index (κ3) is 7.30. The minimum Gasteiger partial charge on any atom is -0.494 e. The first kappa shape index (κ1) is 31.6. The van der Waals surface area contributed by atoms with Crippen LogP contribution in [0.5, 0.6) is 46.0 Å². The Morgan fingerprint density at radius 2 is 1.49 bits per heavy atom. The van der Waals surface area contributed by atoms with E-state index in [1.165, 1.54) is 0 Å². The number of nitrogen functional groups attached to an aromatic ring is 1. The van der Waals surface area contributed by atoms with Gasteiger partial charge >= 0.3 is 0 Å². The number of benzene rings is 3. The van der Waals surface area contributed by atoms with Crippen molar-refractivity contribution >= 4 is 23.5 Å². The predicted molar refractivity (Wildman–Crippen MR) is 172 cm³/mol. The fourth-order valence-corrected chi connectivity index (χ4v) is 5.50. The van der Waals surface area contributed by atoms with Crippen molar-refractivity contribution in [3.63, 3.8) is 0 Å². The lowest BCUT2D eigenvalue weighted by Crippen LogP contribution is -2.35. The summed E-state index contributed by atoms with van der Waals surface area (Å²) in [7, 11) is 6.23. The van der Waals surface area contributed by atoms with Crippen LogP contribution in [0.1, 0.15) is 48.9 Å². The van der Waals surface area contributed by atoms with Crippen molar-refractivity contribution in [1.29, 1.82) is 0 Å². The summed E-state index contributed by atoms with van der Waals surface area (Å²) in [5.74, 6) is 4.25. The number of nitrogens with zero attached hydrogens (tertiary/aromatic N) is 2. The number of anilines is 1. The summed E-state index contributed by atoms with van der Waals surface area (Å²) in [4.78, 5) is 19.5. The van der Waals surface area contributed by atoms with Gasteiger partial charge in [0.1, 0.15) is 11.5 Å². The molecule has 0 saturated carbocycles. The van der Waals surface area contributed by atoms with E-state index in [0.29, 0.717) is 76.1 Å². The van der Waals surface area contributed by atoms with Crippen LogP contribution in [0.15, 0.2) is 47.5 Å². The summed E-state index contributed by atoms with van der Waals surface area (Å²) in [5, 5.41) is 0. The standard InChI is InChI=1S/C34H41N3O8/c1-39-29-19-25-27(36-21-22-10-9-13-37(22)34(25)38)20-30(29)44-15-8-6-5-7-14-43-23-11-12-28(26(35)16-23)45-24-17-31(40-2)33(42-4)32(18-24)41-3/h11-12,16-22H,5-10,13-15,35H2,1-4H3/t22-/m0/s1. The van der Waals surface area contributed by atoms with Crippen LogP contribution in [0.25, 0.3) is 0 Å². The van der Waals surface area contributed by atoms with Crippen molar-refractivity contribution in [3.8, 4) is 46.0 Å². The Bertz CT molecular complexity index is 1500. The van der Waals surface area contributed by atoms with Crippen molar-refractivity contribution in [2.24, 2.45) is 4.99 Å². The van der Waals surface area contributed by atoms with Gasteiger partial charge in [-0.15, -0.1) is 0 Å². The molecule has 2 N–H and O–H groups in total. The zero-order valence-corrected chi connectivity index (χ0v) is 26.3. The van der Waals surface area contributed by atoms with Gasteiger partial charge in [0.05, 0.1) is 64.6 Å². The van der Waals surface area contributed by atoms with E-state index >= 15 is 0 Å². The third-order valence-corrected chi connectivity index (χ3v) is 7.87. The lowest BCUT2D eigenvalue weighted by atomic mass is 10.1. The maximum atomic E-state index is 13.0. The van der Waals surface area contributed by atoms with Gasteiger partial charge in [-0.25, -0.2) is 0 Å². The average Bonchev–Trinajstić information content (AvgIpc) is 3.49. The van der Waals surface area contributed by atoms with Gasteiger partial charge in [0.15, 0.2) is 28.7 Å². The number of hydrogen-bond donors (Lipinski definition) is 1. The van der Waals surface area contributed by atoms with Gasteiger partial charge in [-0.1, -0.05) is 0 Å². The van der Waals surface area contributed by atoms with Crippen molar-refractivity contribution in [1.82, 2.24) is 4.90 Å². The van der Waals surface area contributed by atoms with E-state index in [9.17, 15) is 4.79 Å². The lowest BCUT2D eigenvalue weighted by Gasteiger charge is -2.20. The number of carbonyl (C=O) groups excluding carboxylic acids is 1. The van der Waals surface area contributed by atoms with Crippen molar-refractivity contribution in [2.45, 2.75) is 44.6 Å². The average molecular weight is 620 g/mol. The van der Waals surface area contributed by atoms with E-state index in [1.807, 2.05) is 23.2 Å². The molecule has 0 aromatic heterocycles. The molecule has 1 atom stereocenters. The molecular formula is C34H41N3O8. The molecule has 0 aliphatic carbocycles. The van der Waals surface area contributed by atoms with Crippen LogP contribution in [0.3, 0.4) is 0 Å². The number of unbranched alkanes of at least 4 members (excludes halogenated alkanes) is 3.